The summed E-state index contributed by atoms with van der Waals surface area (Å²) in [5.74, 6) is 2.20. The summed E-state index contributed by atoms with van der Waals surface area (Å²) in [5.41, 5.74) is 1.12. The van der Waals surface area contributed by atoms with Crippen molar-refractivity contribution in [3.05, 3.63) is 18.0 Å². The van der Waals surface area contributed by atoms with E-state index in [0.29, 0.717) is 0 Å². The smallest absolute Gasteiger partial charge is 0.0762 e. The molecule has 1 rings (SSSR count). The predicted octanol–water partition coefficient (Wildman–Crippen LogP) is 2.44. The average molecular weight is 223 g/mol. The first-order chi connectivity index (χ1) is 7.50. The van der Waals surface area contributed by atoms with E-state index in [1.165, 1.54) is 0 Å². The summed E-state index contributed by atoms with van der Waals surface area (Å²) in [6.07, 6.45) is 1.99. The van der Waals surface area contributed by atoms with Crippen molar-refractivity contribution in [3.8, 4) is 0 Å². The first-order valence-electron chi connectivity index (χ1n) is 6.20. The zero-order chi connectivity index (χ0) is 12.1. The van der Waals surface area contributed by atoms with Gasteiger partial charge in [-0.3, -0.25) is 4.68 Å². The number of aromatic nitrogens is 2. The van der Waals surface area contributed by atoms with Crippen LogP contribution in [0.4, 0.5) is 0 Å². The molecule has 0 bridgehead atoms. The first-order valence-corrected chi connectivity index (χ1v) is 6.20. The maximum Gasteiger partial charge on any atom is 0.0762 e. The number of hydrogen-bond donors (Lipinski definition) is 1. The summed E-state index contributed by atoms with van der Waals surface area (Å²) >= 11 is 0. The van der Waals surface area contributed by atoms with Crippen molar-refractivity contribution in [3.63, 3.8) is 0 Å². The van der Waals surface area contributed by atoms with Crippen LogP contribution in [0.25, 0.3) is 0 Å². The lowest BCUT2D eigenvalue weighted by atomic mass is 9.85. The highest BCUT2D eigenvalue weighted by atomic mass is 15.3. The van der Waals surface area contributed by atoms with Gasteiger partial charge in [0.2, 0.25) is 0 Å². The van der Waals surface area contributed by atoms with Gasteiger partial charge in [-0.25, -0.2) is 0 Å². The predicted molar refractivity (Wildman–Crippen MR) is 68.1 cm³/mol. The molecule has 0 radical (unpaired) electrons. The van der Waals surface area contributed by atoms with Crippen LogP contribution in [0.15, 0.2) is 12.3 Å². The van der Waals surface area contributed by atoms with Gasteiger partial charge in [-0.15, -0.1) is 0 Å². The lowest BCUT2D eigenvalue weighted by Crippen LogP contribution is -2.29. The average Bonchev–Trinajstić information content (AvgIpc) is 2.57. The van der Waals surface area contributed by atoms with E-state index in [4.69, 9.17) is 0 Å². The third kappa shape index (κ3) is 3.97. The summed E-state index contributed by atoms with van der Waals surface area (Å²) in [6, 6.07) is 2.06. The molecule has 0 aliphatic carbocycles. The molecule has 16 heavy (non-hydrogen) atoms. The van der Waals surface area contributed by atoms with E-state index in [0.717, 1.165) is 36.5 Å². The van der Waals surface area contributed by atoms with Crippen molar-refractivity contribution in [1.29, 1.82) is 0 Å². The number of rotatable bonds is 6. The van der Waals surface area contributed by atoms with Gasteiger partial charge < -0.3 is 5.32 Å². The van der Waals surface area contributed by atoms with E-state index in [9.17, 15) is 0 Å². The molecule has 0 aromatic carbocycles. The van der Waals surface area contributed by atoms with Crippen molar-refractivity contribution in [2.75, 3.05) is 6.54 Å². The Bertz CT molecular complexity index is 294. The summed E-state index contributed by atoms with van der Waals surface area (Å²) < 4.78 is 1.85. The zero-order valence-electron chi connectivity index (χ0n) is 11.2. The molecule has 1 aromatic heterocycles. The van der Waals surface area contributed by atoms with Crippen LogP contribution in [0, 0.1) is 17.8 Å². The lowest BCUT2D eigenvalue weighted by Gasteiger charge is -2.24. The van der Waals surface area contributed by atoms with Crippen molar-refractivity contribution in [1.82, 2.24) is 15.1 Å². The molecule has 0 aliphatic heterocycles. The Hall–Kier alpha value is -0.830. The van der Waals surface area contributed by atoms with Crippen LogP contribution in [0.3, 0.4) is 0 Å². The number of aryl methyl sites for hydroxylation is 1. The van der Waals surface area contributed by atoms with Gasteiger partial charge in [-0.05, 0) is 30.4 Å². The van der Waals surface area contributed by atoms with E-state index in [1.807, 2.05) is 17.9 Å². The zero-order valence-corrected chi connectivity index (χ0v) is 11.2. The molecule has 3 heteroatoms. The third-order valence-electron chi connectivity index (χ3n) is 3.17. The van der Waals surface area contributed by atoms with Crippen LogP contribution >= 0.6 is 0 Å². The highest BCUT2D eigenvalue weighted by Crippen LogP contribution is 2.19. The topological polar surface area (TPSA) is 29.9 Å². The van der Waals surface area contributed by atoms with Crippen LogP contribution in [0.2, 0.25) is 0 Å². The van der Waals surface area contributed by atoms with Crippen LogP contribution < -0.4 is 5.32 Å². The van der Waals surface area contributed by atoms with Gasteiger partial charge in [0.05, 0.1) is 5.69 Å². The van der Waals surface area contributed by atoms with Crippen molar-refractivity contribution in [2.24, 2.45) is 24.8 Å². The monoisotopic (exact) mass is 223 g/mol. The van der Waals surface area contributed by atoms with E-state index >= 15 is 0 Å². The molecule has 92 valence electrons. The molecular weight excluding hydrogens is 198 g/mol. The van der Waals surface area contributed by atoms with Gasteiger partial charge in [0.15, 0.2) is 0 Å². The highest BCUT2D eigenvalue weighted by Gasteiger charge is 2.16. The number of hydrogen-bond acceptors (Lipinski definition) is 2. The molecule has 1 heterocycles. The highest BCUT2D eigenvalue weighted by molar-refractivity contribution is 4.97. The Labute approximate surface area is 99.2 Å². The minimum absolute atomic E-state index is 0.733. The molecule has 0 saturated heterocycles. The fraction of sp³-hybridized carbons (Fsp3) is 0.769. The second-order valence-corrected chi connectivity index (χ2v) is 5.26. The molecule has 0 fully saturated rings. The summed E-state index contributed by atoms with van der Waals surface area (Å²) in [4.78, 5) is 0. The molecule has 1 aromatic rings. The molecule has 0 amide bonds. The molecule has 0 saturated carbocycles. The summed E-state index contributed by atoms with van der Waals surface area (Å²) in [6.45, 7) is 11.1. The second-order valence-electron chi connectivity index (χ2n) is 5.26. The van der Waals surface area contributed by atoms with Gasteiger partial charge >= 0.3 is 0 Å². The Morgan fingerprint density at radius 1 is 1.25 bits per heavy atom. The molecule has 1 N–H and O–H groups in total. The van der Waals surface area contributed by atoms with E-state index in [-0.39, 0.29) is 0 Å². The number of nitrogens with one attached hydrogen (secondary N) is 1. The standard InChI is InChI=1S/C13H25N3/c1-10(2)13(11(3)4)9-14-8-12-6-7-16(5)15-12/h6-7,10-11,13-14H,8-9H2,1-5H3. The van der Waals surface area contributed by atoms with Gasteiger partial charge in [0.25, 0.3) is 0 Å². The Balaban J connectivity index is 2.33. The van der Waals surface area contributed by atoms with Crippen molar-refractivity contribution in [2.45, 2.75) is 34.2 Å². The van der Waals surface area contributed by atoms with Gasteiger partial charge in [0, 0.05) is 19.8 Å². The number of nitrogens with zero attached hydrogens (tertiary/aromatic N) is 2. The molecular formula is C13H25N3. The quantitative estimate of drug-likeness (QED) is 0.803. The maximum atomic E-state index is 4.35. The SMILES string of the molecule is CC(C)C(CNCc1ccn(C)n1)C(C)C. The maximum absolute atomic E-state index is 4.35. The van der Waals surface area contributed by atoms with E-state index < -0.39 is 0 Å². The van der Waals surface area contributed by atoms with Crippen LogP contribution in [0.1, 0.15) is 33.4 Å². The molecule has 0 spiro atoms. The third-order valence-corrected chi connectivity index (χ3v) is 3.17. The van der Waals surface area contributed by atoms with Gasteiger partial charge in [0.1, 0.15) is 0 Å². The summed E-state index contributed by atoms with van der Waals surface area (Å²) in [5, 5.41) is 7.85. The first kappa shape index (κ1) is 13.2. The van der Waals surface area contributed by atoms with Crippen LogP contribution in [-0.4, -0.2) is 16.3 Å². The lowest BCUT2D eigenvalue weighted by molar-refractivity contribution is 0.275. The molecule has 3 nitrogen and oxygen atoms in total. The largest absolute Gasteiger partial charge is 0.311 e. The normalized spacial score (nSPS) is 12.0. The Kier molecular flexibility index (Phi) is 5.00. The minimum atomic E-state index is 0.733. The van der Waals surface area contributed by atoms with E-state index in [1.54, 1.807) is 0 Å². The van der Waals surface area contributed by atoms with E-state index in [2.05, 4.69) is 44.2 Å². The molecule has 0 aliphatic rings. The van der Waals surface area contributed by atoms with Crippen LogP contribution in [-0.2, 0) is 13.6 Å². The van der Waals surface area contributed by atoms with Crippen molar-refractivity contribution >= 4 is 0 Å². The van der Waals surface area contributed by atoms with Crippen LogP contribution in [0.5, 0.6) is 0 Å². The van der Waals surface area contributed by atoms with Crippen molar-refractivity contribution < 1.29 is 0 Å². The van der Waals surface area contributed by atoms with Gasteiger partial charge in [-0.1, -0.05) is 27.7 Å². The minimum Gasteiger partial charge on any atom is -0.311 e. The second kappa shape index (κ2) is 6.04. The Morgan fingerprint density at radius 3 is 2.31 bits per heavy atom. The molecule has 0 unspecified atom stereocenters. The van der Waals surface area contributed by atoms with Gasteiger partial charge in [-0.2, -0.15) is 5.10 Å². The molecule has 0 atom stereocenters. The fourth-order valence-corrected chi connectivity index (χ4v) is 2.17. The Morgan fingerprint density at radius 2 is 1.88 bits per heavy atom. The summed E-state index contributed by atoms with van der Waals surface area (Å²) in [7, 11) is 1.95. The fourth-order valence-electron chi connectivity index (χ4n) is 2.17.